The van der Waals surface area contributed by atoms with E-state index in [1.54, 1.807) is 39.3 Å². The number of nitrogens with zero attached hydrogens (tertiary/aromatic N) is 2. The van der Waals surface area contributed by atoms with Gasteiger partial charge in [-0.05, 0) is 38.0 Å². The van der Waals surface area contributed by atoms with Crippen molar-refractivity contribution in [1.29, 1.82) is 0 Å². The van der Waals surface area contributed by atoms with Crippen molar-refractivity contribution >= 4 is 5.91 Å². The van der Waals surface area contributed by atoms with Crippen LogP contribution < -0.4 is 14.8 Å². The summed E-state index contributed by atoms with van der Waals surface area (Å²) in [6, 6.07) is 4.50. The number of aliphatic hydroxyl groups excluding tert-OH is 1. The summed E-state index contributed by atoms with van der Waals surface area (Å²) in [7, 11) is 3.10. The van der Waals surface area contributed by atoms with Crippen LogP contribution in [0.25, 0.3) is 11.4 Å². The molecule has 0 saturated heterocycles. The van der Waals surface area contributed by atoms with E-state index in [2.05, 4.69) is 15.5 Å². The number of hydrogen-bond donors (Lipinski definition) is 2. The van der Waals surface area contributed by atoms with Gasteiger partial charge in [0.1, 0.15) is 6.04 Å². The molecule has 1 aliphatic rings. The predicted molar refractivity (Wildman–Crippen MR) is 88.1 cm³/mol. The van der Waals surface area contributed by atoms with Gasteiger partial charge in [0.2, 0.25) is 11.7 Å². The Morgan fingerprint density at radius 2 is 2.04 bits per heavy atom. The van der Waals surface area contributed by atoms with Gasteiger partial charge in [0.15, 0.2) is 11.5 Å². The van der Waals surface area contributed by atoms with Gasteiger partial charge in [0.05, 0.1) is 20.3 Å². The Morgan fingerprint density at radius 3 is 2.64 bits per heavy atom. The van der Waals surface area contributed by atoms with E-state index in [1.165, 1.54) is 0 Å². The van der Waals surface area contributed by atoms with Crippen molar-refractivity contribution in [2.24, 2.45) is 5.92 Å². The molecule has 1 saturated carbocycles. The van der Waals surface area contributed by atoms with Crippen molar-refractivity contribution < 1.29 is 23.9 Å². The smallest absolute Gasteiger partial charge is 0.252 e. The summed E-state index contributed by atoms with van der Waals surface area (Å²) < 4.78 is 15.7. The number of aromatic nitrogens is 2. The number of carbonyl (C=O) groups excluding carboxylic acids is 1. The monoisotopic (exact) mass is 347 g/mol. The molecule has 1 aromatic heterocycles. The molecule has 2 aromatic rings. The van der Waals surface area contributed by atoms with Gasteiger partial charge in [0.25, 0.3) is 5.89 Å². The summed E-state index contributed by atoms with van der Waals surface area (Å²) in [6.45, 7) is 1.57. The fraction of sp³-hybridized carbons (Fsp3) is 0.471. The van der Waals surface area contributed by atoms with E-state index in [1.807, 2.05) is 0 Å². The van der Waals surface area contributed by atoms with E-state index in [0.717, 1.165) is 12.8 Å². The van der Waals surface area contributed by atoms with Gasteiger partial charge in [-0.1, -0.05) is 5.16 Å². The first-order chi connectivity index (χ1) is 12.0. The molecule has 0 aliphatic heterocycles. The highest BCUT2D eigenvalue weighted by Crippen LogP contribution is 2.32. The van der Waals surface area contributed by atoms with E-state index in [-0.39, 0.29) is 17.7 Å². The van der Waals surface area contributed by atoms with Crippen LogP contribution in [0.4, 0.5) is 0 Å². The van der Waals surface area contributed by atoms with Gasteiger partial charge in [0, 0.05) is 11.5 Å². The van der Waals surface area contributed by atoms with Crippen molar-refractivity contribution in [2.75, 3.05) is 14.2 Å². The number of ether oxygens (including phenoxy) is 2. The number of rotatable bonds is 7. The molecule has 1 aliphatic carbocycles. The highest BCUT2D eigenvalue weighted by molar-refractivity contribution is 5.81. The number of nitrogens with one attached hydrogen (secondary N) is 1. The molecule has 8 heteroatoms. The Bertz CT molecular complexity index is 754. The second-order valence-electron chi connectivity index (χ2n) is 6.03. The summed E-state index contributed by atoms with van der Waals surface area (Å²) in [6.07, 6.45) is 0.888. The third-order valence-corrected chi connectivity index (χ3v) is 4.08. The van der Waals surface area contributed by atoms with Crippen LogP contribution in [-0.2, 0) is 4.79 Å². The minimum atomic E-state index is -0.860. The van der Waals surface area contributed by atoms with Crippen molar-refractivity contribution in [2.45, 2.75) is 31.9 Å². The fourth-order valence-electron chi connectivity index (χ4n) is 2.46. The van der Waals surface area contributed by atoms with Crippen LogP contribution in [-0.4, -0.2) is 41.5 Å². The normalized spacial score (nSPS) is 16.2. The van der Waals surface area contributed by atoms with Gasteiger partial charge < -0.3 is 24.4 Å². The second-order valence-corrected chi connectivity index (χ2v) is 6.03. The van der Waals surface area contributed by atoms with Crippen LogP contribution in [0, 0.1) is 5.92 Å². The van der Waals surface area contributed by atoms with E-state index in [0.29, 0.717) is 22.9 Å². The first-order valence-electron chi connectivity index (χ1n) is 8.08. The summed E-state index contributed by atoms with van der Waals surface area (Å²) >= 11 is 0. The number of carbonyl (C=O) groups is 1. The van der Waals surface area contributed by atoms with Crippen LogP contribution in [0.3, 0.4) is 0 Å². The Balaban J connectivity index is 1.83. The molecule has 2 N–H and O–H groups in total. The topological polar surface area (TPSA) is 107 Å². The zero-order valence-corrected chi connectivity index (χ0v) is 14.4. The first kappa shape index (κ1) is 17.2. The highest BCUT2D eigenvalue weighted by Gasteiger charge is 2.34. The van der Waals surface area contributed by atoms with Crippen LogP contribution in [0.2, 0.25) is 0 Å². The third kappa shape index (κ3) is 3.74. The molecule has 1 amide bonds. The Kier molecular flexibility index (Phi) is 4.89. The van der Waals surface area contributed by atoms with Gasteiger partial charge in [-0.15, -0.1) is 0 Å². The van der Waals surface area contributed by atoms with E-state index in [9.17, 15) is 9.90 Å². The standard InChI is InChI=1S/C17H21N3O5/c1-9(21)14(18-16(22)10-4-5-10)17-19-15(20-25-17)11-6-7-12(23-2)13(8-11)24-3/h6-10,14,21H,4-5H2,1-3H3,(H,18,22). The number of amides is 1. The number of hydrogen-bond acceptors (Lipinski definition) is 7. The molecule has 25 heavy (non-hydrogen) atoms. The molecule has 1 aromatic carbocycles. The molecule has 0 spiro atoms. The molecule has 8 nitrogen and oxygen atoms in total. The van der Waals surface area contributed by atoms with Gasteiger partial charge >= 0.3 is 0 Å². The van der Waals surface area contributed by atoms with Crippen LogP contribution in [0.5, 0.6) is 11.5 Å². The van der Waals surface area contributed by atoms with Crippen molar-refractivity contribution in [3.8, 4) is 22.9 Å². The molecule has 1 heterocycles. The largest absolute Gasteiger partial charge is 0.493 e. The molecular formula is C17H21N3O5. The van der Waals surface area contributed by atoms with E-state index >= 15 is 0 Å². The van der Waals surface area contributed by atoms with Gasteiger partial charge in [-0.2, -0.15) is 4.98 Å². The maximum atomic E-state index is 12.0. The highest BCUT2D eigenvalue weighted by atomic mass is 16.5. The lowest BCUT2D eigenvalue weighted by Crippen LogP contribution is -2.36. The van der Waals surface area contributed by atoms with E-state index in [4.69, 9.17) is 14.0 Å². The molecule has 1 fully saturated rings. The summed E-state index contributed by atoms with van der Waals surface area (Å²) in [4.78, 5) is 16.3. The van der Waals surface area contributed by atoms with Gasteiger partial charge in [-0.3, -0.25) is 4.79 Å². The summed E-state index contributed by atoms with van der Waals surface area (Å²) in [5, 5.41) is 16.7. The molecule has 2 atom stereocenters. The maximum absolute atomic E-state index is 12.0. The first-order valence-corrected chi connectivity index (χ1v) is 8.08. The van der Waals surface area contributed by atoms with Crippen LogP contribution in [0.1, 0.15) is 31.7 Å². The van der Waals surface area contributed by atoms with Crippen LogP contribution in [0.15, 0.2) is 22.7 Å². The van der Waals surface area contributed by atoms with Crippen molar-refractivity contribution in [1.82, 2.24) is 15.5 Å². The molecule has 134 valence electrons. The lowest BCUT2D eigenvalue weighted by molar-refractivity contribution is -0.124. The SMILES string of the molecule is COc1ccc(-c2noc(C(NC(=O)C3CC3)C(C)O)n2)cc1OC. The van der Waals surface area contributed by atoms with E-state index < -0.39 is 12.1 Å². The van der Waals surface area contributed by atoms with Crippen LogP contribution >= 0.6 is 0 Å². The average molecular weight is 347 g/mol. The Labute approximate surface area is 145 Å². The van der Waals surface area contributed by atoms with Crippen molar-refractivity contribution in [3.05, 3.63) is 24.1 Å². The molecule has 2 unspecified atom stereocenters. The molecular weight excluding hydrogens is 326 g/mol. The minimum absolute atomic E-state index is 0.0227. The zero-order chi connectivity index (χ0) is 18.0. The number of benzene rings is 1. The maximum Gasteiger partial charge on any atom is 0.252 e. The average Bonchev–Trinajstić information content (AvgIpc) is 3.36. The lowest BCUT2D eigenvalue weighted by atomic mass is 10.1. The summed E-state index contributed by atoms with van der Waals surface area (Å²) in [5.74, 6) is 1.55. The summed E-state index contributed by atoms with van der Waals surface area (Å²) in [5.41, 5.74) is 0.672. The Hall–Kier alpha value is -2.61. The number of aliphatic hydroxyl groups is 1. The minimum Gasteiger partial charge on any atom is -0.493 e. The Morgan fingerprint density at radius 1 is 1.32 bits per heavy atom. The molecule has 0 bridgehead atoms. The third-order valence-electron chi connectivity index (χ3n) is 4.08. The molecule has 0 radical (unpaired) electrons. The molecule has 3 rings (SSSR count). The van der Waals surface area contributed by atoms with Crippen molar-refractivity contribution in [3.63, 3.8) is 0 Å². The fourth-order valence-corrected chi connectivity index (χ4v) is 2.46. The zero-order valence-electron chi connectivity index (χ0n) is 14.4. The van der Waals surface area contributed by atoms with Gasteiger partial charge in [-0.25, -0.2) is 0 Å². The second kappa shape index (κ2) is 7.10. The lowest BCUT2D eigenvalue weighted by Gasteiger charge is -2.17. The quantitative estimate of drug-likeness (QED) is 0.785. The number of methoxy groups -OCH3 is 2. The predicted octanol–water partition coefficient (Wildman–Crippen LogP) is 1.70.